The van der Waals surface area contributed by atoms with Gasteiger partial charge < -0.3 is 5.32 Å². The van der Waals surface area contributed by atoms with E-state index in [1.807, 2.05) is 0 Å². The molecule has 1 fully saturated rings. The lowest BCUT2D eigenvalue weighted by Gasteiger charge is -2.17. The minimum absolute atomic E-state index is 0.107. The molecule has 1 saturated carbocycles. The molecule has 2 rings (SSSR count). The van der Waals surface area contributed by atoms with Crippen LogP contribution in [-0.4, -0.2) is 32.4 Å². The molecule has 0 aliphatic heterocycles. The van der Waals surface area contributed by atoms with Crippen molar-refractivity contribution in [1.82, 2.24) is 9.62 Å². The second kappa shape index (κ2) is 6.44. The van der Waals surface area contributed by atoms with E-state index in [1.165, 1.54) is 13.1 Å². The summed E-state index contributed by atoms with van der Waals surface area (Å²) in [4.78, 5) is -0.359. The molecule has 0 amide bonds. The van der Waals surface area contributed by atoms with Gasteiger partial charge in [0, 0.05) is 29.7 Å². The first-order valence-corrected chi connectivity index (χ1v) is 8.70. The van der Waals surface area contributed by atoms with Gasteiger partial charge in [-0.1, -0.05) is 21.9 Å². The molecule has 1 N–H and O–H groups in total. The van der Waals surface area contributed by atoms with Gasteiger partial charge >= 0.3 is 0 Å². The molecular formula is C14H16BrFN2O2S. The summed E-state index contributed by atoms with van der Waals surface area (Å²) in [5.74, 6) is 1.51. The lowest BCUT2D eigenvalue weighted by molar-refractivity contribution is 0.489. The Morgan fingerprint density at radius 3 is 2.76 bits per heavy atom. The van der Waals surface area contributed by atoms with Crippen LogP contribution in [-0.2, 0) is 16.6 Å². The second-order valence-electron chi connectivity index (χ2n) is 5.00. The maximum absolute atomic E-state index is 14.5. The van der Waals surface area contributed by atoms with Crippen molar-refractivity contribution in [2.75, 3.05) is 13.6 Å². The van der Waals surface area contributed by atoms with E-state index in [4.69, 9.17) is 6.42 Å². The number of nitrogens with one attached hydrogen (secondary N) is 1. The second-order valence-corrected chi connectivity index (χ2v) is 7.93. The van der Waals surface area contributed by atoms with Crippen molar-refractivity contribution < 1.29 is 12.8 Å². The molecule has 0 saturated heterocycles. The average molecular weight is 375 g/mol. The van der Waals surface area contributed by atoms with Gasteiger partial charge in [-0.3, -0.25) is 0 Å². The number of nitrogens with zero attached hydrogens (tertiary/aromatic N) is 1. The Balaban J connectivity index is 2.36. The Morgan fingerprint density at radius 2 is 2.19 bits per heavy atom. The summed E-state index contributed by atoms with van der Waals surface area (Å²) < 4.78 is 40.7. The molecule has 0 atom stereocenters. The van der Waals surface area contributed by atoms with Crippen LogP contribution < -0.4 is 5.32 Å². The number of hydrogen-bond donors (Lipinski definition) is 1. The summed E-state index contributed by atoms with van der Waals surface area (Å²) in [7, 11) is -2.61. The predicted octanol–water partition coefficient (Wildman–Crippen LogP) is 2.09. The van der Waals surface area contributed by atoms with Crippen molar-refractivity contribution in [3.8, 4) is 12.3 Å². The van der Waals surface area contributed by atoms with Crippen molar-refractivity contribution in [2.45, 2.75) is 30.3 Å². The number of sulfonamides is 1. The van der Waals surface area contributed by atoms with Gasteiger partial charge in [0.05, 0.1) is 6.54 Å². The fourth-order valence-corrected chi connectivity index (χ4v) is 3.73. The van der Waals surface area contributed by atoms with Crippen LogP contribution in [0, 0.1) is 18.2 Å². The van der Waals surface area contributed by atoms with Crippen molar-refractivity contribution >= 4 is 26.0 Å². The molecule has 0 aromatic heterocycles. The van der Waals surface area contributed by atoms with E-state index >= 15 is 0 Å². The fraction of sp³-hybridized carbons (Fsp3) is 0.429. The van der Waals surface area contributed by atoms with E-state index in [0.717, 1.165) is 17.1 Å². The highest BCUT2D eigenvalue weighted by atomic mass is 79.9. The first kappa shape index (κ1) is 16.4. The molecule has 7 heteroatoms. The standard InChI is InChI=1S/C14H16BrFN2O2S/c1-3-6-18(2)21(19,20)13-8-11(15)7-10(14(13)16)9-17-12-4-5-12/h1,7-8,12,17H,4-6,9H2,2H3. The lowest BCUT2D eigenvalue weighted by atomic mass is 10.2. The summed E-state index contributed by atoms with van der Waals surface area (Å²) in [5, 5.41) is 3.17. The molecule has 1 aromatic rings. The van der Waals surface area contributed by atoms with Gasteiger partial charge in [0.1, 0.15) is 10.7 Å². The average Bonchev–Trinajstić information content (AvgIpc) is 3.23. The normalized spacial score (nSPS) is 15.2. The molecule has 4 nitrogen and oxygen atoms in total. The zero-order valence-corrected chi connectivity index (χ0v) is 14.0. The maximum atomic E-state index is 14.5. The third-order valence-electron chi connectivity index (χ3n) is 3.24. The van der Waals surface area contributed by atoms with Crippen LogP contribution in [0.25, 0.3) is 0 Å². The Hall–Kier alpha value is -0.940. The Bertz CT molecular complexity index is 681. The molecule has 21 heavy (non-hydrogen) atoms. The van der Waals surface area contributed by atoms with E-state index < -0.39 is 15.8 Å². The minimum Gasteiger partial charge on any atom is -0.310 e. The maximum Gasteiger partial charge on any atom is 0.246 e. The summed E-state index contributed by atoms with van der Waals surface area (Å²) in [5.41, 5.74) is 0.323. The third kappa shape index (κ3) is 3.83. The highest BCUT2D eigenvalue weighted by Crippen LogP contribution is 2.27. The van der Waals surface area contributed by atoms with Crippen molar-refractivity contribution in [3.05, 3.63) is 28.0 Å². The quantitative estimate of drug-likeness (QED) is 0.775. The predicted molar refractivity (Wildman–Crippen MR) is 82.6 cm³/mol. The Morgan fingerprint density at radius 1 is 1.52 bits per heavy atom. The molecule has 0 radical (unpaired) electrons. The first-order chi connectivity index (χ1) is 9.86. The number of terminal acetylenes is 1. The molecule has 1 aliphatic carbocycles. The summed E-state index contributed by atoms with van der Waals surface area (Å²) >= 11 is 3.23. The van der Waals surface area contributed by atoms with Gasteiger partial charge in [0.15, 0.2) is 0 Å². The smallest absolute Gasteiger partial charge is 0.246 e. The van der Waals surface area contributed by atoms with Gasteiger partial charge in [-0.2, -0.15) is 4.31 Å². The van der Waals surface area contributed by atoms with E-state index in [0.29, 0.717) is 22.6 Å². The zero-order chi connectivity index (χ0) is 15.6. The summed E-state index contributed by atoms with van der Waals surface area (Å²) in [6.45, 7) is 0.196. The number of benzene rings is 1. The van der Waals surface area contributed by atoms with Crippen LogP contribution in [0.1, 0.15) is 18.4 Å². The Labute approximate surface area is 132 Å². The van der Waals surface area contributed by atoms with Crippen molar-refractivity contribution in [2.24, 2.45) is 0 Å². The highest BCUT2D eigenvalue weighted by Gasteiger charge is 2.27. The molecule has 1 aliphatic rings. The Kier molecular flexibility index (Phi) is 5.04. The van der Waals surface area contributed by atoms with Crippen LogP contribution in [0.3, 0.4) is 0 Å². The van der Waals surface area contributed by atoms with Crippen LogP contribution in [0.2, 0.25) is 0 Å². The largest absolute Gasteiger partial charge is 0.310 e. The van der Waals surface area contributed by atoms with Crippen LogP contribution in [0.15, 0.2) is 21.5 Å². The number of halogens is 2. The number of rotatable bonds is 6. The van der Waals surface area contributed by atoms with Gasteiger partial charge in [-0.05, 0) is 25.0 Å². The van der Waals surface area contributed by atoms with Crippen molar-refractivity contribution in [3.63, 3.8) is 0 Å². The molecule has 1 aromatic carbocycles. The molecular weight excluding hydrogens is 359 g/mol. The van der Waals surface area contributed by atoms with E-state index in [-0.39, 0.29) is 11.4 Å². The number of hydrogen-bond acceptors (Lipinski definition) is 3. The van der Waals surface area contributed by atoms with Gasteiger partial charge in [-0.25, -0.2) is 12.8 Å². The van der Waals surface area contributed by atoms with Crippen LogP contribution in [0.5, 0.6) is 0 Å². The van der Waals surface area contributed by atoms with Gasteiger partial charge in [-0.15, -0.1) is 6.42 Å². The molecule has 0 bridgehead atoms. The van der Waals surface area contributed by atoms with Gasteiger partial charge in [0.2, 0.25) is 10.0 Å². The summed E-state index contributed by atoms with van der Waals surface area (Å²) in [6, 6.07) is 3.26. The minimum atomic E-state index is -3.94. The monoisotopic (exact) mass is 374 g/mol. The van der Waals surface area contributed by atoms with Gasteiger partial charge in [0.25, 0.3) is 0 Å². The van der Waals surface area contributed by atoms with E-state index in [1.54, 1.807) is 6.07 Å². The first-order valence-electron chi connectivity index (χ1n) is 6.47. The molecule has 0 unspecified atom stereocenters. The topological polar surface area (TPSA) is 49.4 Å². The zero-order valence-electron chi connectivity index (χ0n) is 11.6. The third-order valence-corrected chi connectivity index (χ3v) is 5.50. The van der Waals surface area contributed by atoms with E-state index in [9.17, 15) is 12.8 Å². The van der Waals surface area contributed by atoms with Crippen LogP contribution in [0.4, 0.5) is 4.39 Å². The highest BCUT2D eigenvalue weighted by molar-refractivity contribution is 9.10. The molecule has 0 heterocycles. The fourth-order valence-electron chi connectivity index (χ4n) is 1.86. The SMILES string of the molecule is C#CCN(C)S(=O)(=O)c1cc(Br)cc(CNC2CC2)c1F. The van der Waals surface area contributed by atoms with Crippen LogP contribution >= 0.6 is 15.9 Å². The summed E-state index contributed by atoms with van der Waals surface area (Å²) in [6.07, 6.45) is 7.27. The lowest BCUT2D eigenvalue weighted by Crippen LogP contribution is -2.28. The molecule has 0 spiro atoms. The van der Waals surface area contributed by atoms with E-state index in [2.05, 4.69) is 27.2 Å². The molecule has 114 valence electrons. The van der Waals surface area contributed by atoms with Crippen molar-refractivity contribution in [1.29, 1.82) is 0 Å².